The summed E-state index contributed by atoms with van der Waals surface area (Å²) < 4.78 is 55.7. The number of amides is 2. The van der Waals surface area contributed by atoms with E-state index < -0.39 is 52.8 Å². The summed E-state index contributed by atoms with van der Waals surface area (Å²) in [6.45, 7) is 0.426. The summed E-state index contributed by atoms with van der Waals surface area (Å²) >= 11 is 7.96. The molecule has 11 heteroatoms. The number of hydrogen-bond donors (Lipinski definition) is 2. The van der Waals surface area contributed by atoms with Gasteiger partial charge in [-0.15, -0.1) is 0 Å². The molecule has 1 aliphatic heterocycles. The minimum atomic E-state index is -1.95. The van der Waals surface area contributed by atoms with Gasteiger partial charge in [0.1, 0.15) is 23.3 Å². The average Bonchev–Trinajstić information content (AvgIpc) is 2.95. The standard InChI is InChI=1S/C24H16ClF4IN2O3/c1-24(35)21-19(30)5-11(22(33)31-9-13-17(28)7-12(26)8-18(13)29)6-20(21)32(23(24)34)10-14-15(25)3-2-4-16(14)27/h2-8,35H,9-10H2,1H3,(H,31,33). The number of aliphatic hydroxyl groups is 1. The minimum absolute atomic E-state index is 0.0196. The maximum atomic E-state index is 14.4. The first-order chi connectivity index (χ1) is 16.4. The molecule has 182 valence electrons. The van der Waals surface area contributed by atoms with Crippen molar-refractivity contribution < 1.29 is 32.3 Å². The summed E-state index contributed by atoms with van der Waals surface area (Å²) in [7, 11) is 0. The van der Waals surface area contributed by atoms with E-state index in [2.05, 4.69) is 5.32 Å². The molecule has 0 fully saturated rings. The summed E-state index contributed by atoms with van der Waals surface area (Å²) in [5.74, 6) is -5.52. The van der Waals surface area contributed by atoms with E-state index in [9.17, 15) is 32.3 Å². The maximum Gasteiger partial charge on any atom is 0.263 e. The first-order valence-electron chi connectivity index (χ1n) is 10.1. The summed E-state index contributed by atoms with van der Waals surface area (Å²) in [6, 6.07) is 7.77. The number of nitrogens with one attached hydrogen (secondary N) is 1. The Morgan fingerprint density at radius 3 is 2.37 bits per heavy atom. The molecule has 0 aliphatic carbocycles. The normalized spacial score (nSPS) is 17.0. The van der Waals surface area contributed by atoms with Crippen LogP contribution in [0.3, 0.4) is 0 Å². The highest BCUT2D eigenvalue weighted by Gasteiger charge is 2.48. The van der Waals surface area contributed by atoms with Crippen LogP contribution >= 0.6 is 34.2 Å². The zero-order valence-corrected chi connectivity index (χ0v) is 20.8. The zero-order valence-electron chi connectivity index (χ0n) is 17.9. The first-order valence-corrected chi connectivity index (χ1v) is 11.6. The number of rotatable bonds is 5. The van der Waals surface area contributed by atoms with Crippen molar-refractivity contribution >= 4 is 51.7 Å². The molecule has 1 heterocycles. The molecule has 2 N–H and O–H groups in total. The zero-order chi connectivity index (χ0) is 25.7. The van der Waals surface area contributed by atoms with Crippen LogP contribution in [-0.2, 0) is 23.5 Å². The topological polar surface area (TPSA) is 69.6 Å². The second kappa shape index (κ2) is 9.40. The molecule has 0 spiro atoms. The lowest BCUT2D eigenvalue weighted by Gasteiger charge is -2.20. The van der Waals surface area contributed by atoms with Crippen LogP contribution in [0.1, 0.15) is 34.0 Å². The van der Waals surface area contributed by atoms with Crippen LogP contribution in [0.4, 0.5) is 23.2 Å². The van der Waals surface area contributed by atoms with Gasteiger partial charge in [0, 0.05) is 49.5 Å². The number of carbonyl (C=O) groups is 2. The van der Waals surface area contributed by atoms with Crippen LogP contribution < -0.4 is 10.2 Å². The Hall–Kier alpha value is -2.70. The molecule has 1 aliphatic rings. The molecule has 0 radical (unpaired) electrons. The Morgan fingerprint density at radius 2 is 1.74 bits per heavy atom. The summed E-state index contributed by atoms with van der Waals surface area (Å²) in [5.41, 5.74) is -2.04. The van der Waals surface area contributed by atoms with Gasteiger partial charge in [0.15, 0.2) is 5.60 Å². The van der Waals surface area contributed by atoms with E-state index in [1.54, 1.807) is 0 Å². The van der Waals surface area contributed by atoms with Crippen LogP contribution in [0, 0.1) is 26.8 Å². The van der Waals surface area contributed by atoms with E-state index in [0.29, 0.717) is 15.7 Å². The Bertz CT molecular complexity index is 1340. The summed E-state index contributed by atoms with van der Waals surface area (Å²) in [4.78, 5) is 27.0. The monoisotopic (exact) mass is 618 g/mol. The minimum Gasteiger partial charge on any atom is -0.375 e. The largest absolute Gasteiger partial charge is 0.375 e. The molecule has 35 heavy (non-hydrogen) atoms. The van der Waals surface area contributed by atoms with E-state index in [1.807, 2.05) is 22.6 Å². The lowest BCUT2D eigenvalue weighted by molar-refractivity contribution is -0.134. The smallest absolute Gasteiger partial charge is 0.263 e. The molecule has 5 nitrogen and oxygen atoms in total. The number of halogens is 6. The van der Waals surface area contributed by atoms with Gasteiger partial charge in [0.2, 0.25) is 0 Å². The van der Waals surface area contributed by atoms with Crippen molar-refractivity contribution in [3.05, 3.63) is 96.6 Å². The van der Waals surface area contributed by atoms with Gasteiger partial charge in [0.25, 0.3) is 11.8 Å². The van der Waals surface area contributed by atoms with Crippen molar-refractivity contribution in [1.82, 2.24) is 5.32 Å². The predicted molar refractivity (Wildman–Crippen MR) is 129 cm³/mol. The van der Waals surface area contributed by atoms with Crippen LogP contribution in [0.15, 0.2) is 42.5 Å². The van der Waals surface area contributed by atoms with Crippen LogP contribution in [0.5, 0.6) is 0 Å². The third-order valence-electron chi connectivity index (χ3n) is 5.68. The van der Waals surface area contributed by atoms with Gasteiger partial charge in [-0.3, -0.25) is 9.59 Å². The van der Waals surface area contributed by atoms with Gasteiger partial charge in [-0.1, -0.05) is 17.7 Å². The fraction of sp³-hybridized carbons (Fsp3) is 0.167. The fourth-order valence-corrected chi connectivity index (χ4v) is 5.27. The quantitative estimate of drug-likeness (QED) is 0.306. The Morgan fingerprint density at radius 1 is 1.09 bits per heavy atom. The molecule has 3 aromatic carbocycles. The molecule has 0 bridgehead atoms. The third-order valence-corrected chi connectivity index (χ3v) is 6.89. The predicted octanol–water partition coefficient (Wildman–Crippen LogP) is 5.19. The van der Waals surface area contributed by atoms with Gasteiger partial charge in [0.05, 0.1) is 12.2 Å². The molecule has 3 aromatic rings. The van der Waals surface area contributed by atoms with Crippen molar-refractivity contribution in [2.75, 3.05) is 4.90 Å². The van der Waals surface area contributed by atoms with E-state index in [1.165, 1.54) is 37.3 Å². The van der Waals surface area contributed by atoms with Gasteiger partial charge in [-0.25, -0.2) is 17.6 Å². The lowest BCUT2D eigenvalue weighted by Crippen LogP contribution is -2.38. The molecule has 1 unspecified atom stereocenters. The number of hydrogen-bond acceptors (Lipinski definition) is 3. The van der Waals surface area contributed by atoms with E-state index in [4.69, 9.17) is 11.6 Å². The number of anilines is 1. The Labute approximate surface area is 215 Å². The second-order valence-corrected chi connectivity index (χ2v) is 9.62. The lowest BCUT2D eigenvalue weighted by atomic mass is 9.96. The SMILES string of the molecule is CC1(O)C(=O)N(Cc2c(F)cccc2Cl)c2cc(C(=O)NCc3c(F)cc(F)cc3F)cc(I)c21. The average molecular weight is 619 g/mol. The van der Waals surface area contributed by atoms with Crippen molar-refractivity contribution in [2.24, 2.45) is 0 Å². The van der Waals surface area contributed by atoms with E-state index >= 15 is 0 Å². The molecular formula is C24H16ClF4IN2O3. The van der Waals surface area contributed by atoms with Crippen LogP contribution in [-0.4, -0.2) is 16.9 Å². The van der Waals surface area contributed by atoms with Crippen LogP contribution in [0.2, 0.25) is 5.02 Å². The molecule has 1 atom stereocenters. The highest BCUT2D eigenvalue weighted by Crippen LogP contribution is 2.44. The number of nitrogens with zero attached hydrogens (tertiary/aromatic N) is 1. The second-order valence-electron chi connectivity index (χ2n) is 8.05. The Balaban J connectivity index is 1.68. The number of benzene rings is 3. The summed E-state index contributed by atoms with van der Waals surface area (Å²) in [5, 5.41) is 13.3. The van der Waals surface area contributed by atoms with Gasteiger partial charge in [-0.2, -0.15) is 0 Å². The number of carbonyl (C=O) groups excluding carboxylic acids is 2. The van der Waals surface area contributed by atoms with Crippen molar-refractivity contribution in [3.63, 3.8) is 0 Å². The van der Waals surface area contributed by atoms with Gasteiger partial charge in [-0.05, 0) is 53.8 Å². The molecule has 0 aromatic heterocycles. The number of fused-ring (bicyclic) bond motifs is 1. The first kappa shape index (κ1) is 25.4. The molecule has 0 saturated carbocycles. The van der Waals surface area contributed by atoms with Gasteiger partial charge < -0.3 is 15.3 Å². The maximum absolute atomic E-state index is 14.4. The van der Waals surface area contributed by atoms with Crippen molar-refractivity contribution in [3.8, 4) is 0 Å². The molecule has 4 rings (SSSR count). The highest BCUT2D eigenvalue weighted by molar-refractivity contribution is 14.1. The molecule has 0 saturated heterocycles. The third kappa shape index (κ3) is 4.62. The van der Waals surface area contributed by atoms with Crippen molar-refractivity contribution in [1.29, 1.82) is 0 Å². The van der Waals surface area contributed by atoms with Crippen molar-refractivity contribution in [2.45, 2.75) is 25.6 Å². The Kier molecular flexibility index (Phi) is 6.82. The van der Waals surface area contributed by atoms with E-state index in [0.717, 1.165) is 4.90 Å². The van der Waals surface area contributed by atoms with E-state index in [-0.39, 0.29) is 33.9 Å². The summed E-state index contributed by atoms with van der Waals surface area (Å²) in [6.07, 6.45) is 0. The highest BCUT2D eigenvalue weighted by atomic mass is 127. The molecule has 2 amide bonds. The van der Waals surface area contributed by atoms with Crippen LogP contribution in [0.25, 0.3) is 0 Å². The van der Waals surface area contributed by atoms with Gasteiger partial charge >= 0.3 is 0 Å². The fourth-order valence-electron chi connectivity index (χ4n) is 3.91. The molecular weight excluding hydrogens is 603 g/mol.